The molecule has 1 aromatic heterocycles. The topological polar surface area (TPSA) is 69.7 Å². The summed E-state index contributed by atoms with van der Waals surface area (Å²) in [6.07, 6.45) is 1.60. The van der Waals surface area contributed by atoms with E-state index in [0.29, 0.717) is 24.7 Å². The molecule has 6 heteroatoms. The van der Waals surface area contributed by atoms with Crippen LogP contribution in [0.2, 0.25) is 0 Å². The van der Waals surface area contributed by atoms with Crippen LogP contribution in [-0.2, 0) is 11.3 Å². The van der Waals surface area contributed by atoms with Crippen LogP contribution in [0.5, 0.6) is 11.5 Å². The van der Waals surface area contributed by atoms with Crippen LogP contribution in [0.25, 0.3) is 0 Å². The molecule has 0 atom stereocenters. The SMILES string of the molecule is CCOC(=O)c1ccc(NCc2cccc(OC)c2OC)cn1. The van der Waals surface area contributed by atoms with Crippen molar-refractivity contribution in [2.45, 2.75) is 13.5 Å². The zero-order valence-electron chi connectivity index (χ0n) is 13.5. The minimum absolute atomic E-state index is 0.288. The number of aromatic nitrogens is 1. The lowest BCUT2D eigenvalue weighted by molar-refractivity contribution is 0.0519. The number of esters is 1. The number of rotatable bonds is 7. The Balaban J connectivity index is 2.05. The Kier molecular flexibility index (Phi) is 5.80. The largest absolute Gasteiger partial charge is 0.493 e. The number of benzene rings is 1. The van der Waals surface area contributed by atoms with Crippen molar-refractivity contribution in [2.24, 2.45) is 0 Å². The number of ether oxygens (including phenoxy) is 3. The molecule has 0 aliphatic heterocycles. The van der Waals surface area contributed by atoms with Crippen LogP contribution in [0.3, 0.4) is 0 Å². The van der Waals surface area contributed by atoms with E-state index in [1.54, 1.807) is 39.5 Å². The zero-order valence-corrected chi connectivity index (χ0v) is 13.5. The maximum absolute atomic E-state index is 11.6. The average Bonchev–Trinajstić information content (AvgIpc) is 2.60. The summed E-state index contributed by atoms with van der Waals surface area (Å²) < 4.78 is 15.6. The number of pyridine rings is 1. The van der Waals surface area contributed by atoms with Gasteiger partial charge in [0.15, 0.2) is 11.5 Å². The smallest absolute Gasteiger partial charge is 0.356 e. The first-order chi connectivity index (χ1) is 11.2. The second-order valence-electron chi connectivity index (χ2n) is 4.66. The second kappa shape index (κ2) is 8.03. The van der Waals surface area contributed by atoms with E-state index in [4.69, 9.17) is 14.2 Å². The molecule has 0 saturated heterocycles. The van der Waals surface area contributed by atoms with Gasteiger partial charge in [-0.1, -0.05) is 12.1 Å². The molecule has 0 spiro atoms. The van der Waals surface area contributed by atoms with Gasteiger partial charge in [-0.2, -0.15) is 0 Å². The molecule has 0 aliphatic rings. The van der Waals surface area contributed by atoms with Crippen LogP contribution in [0.4, 0.5) is 5.69 Å². The third kappa shape index (κ3) is 4.12. The fourth-order valence-corrected chi connectivity index (χ4v) is 2.11. The van der Waals surface area contributed by atoms with Crippen molar-refractivity contribution in [1.82, 2.24) is 4.98 Å². The van der Waals surface area contributed by atoms with Crippen LogP contribution in [0.15, 0.2) is 36.5 Å². The highest BCUT2D eigenvalue weighted by atomic mass is 16.5. The number of hydrogen-bond acceptors (Lipinski definition) is 6. The molecule has 1 heterocycles. The van der Waals surface area contributed by atoms with Gasteiger partial charge in [0.25, 0.3) is 0 Å². The summed E-state index contributed by atoms with van der Waals surface area (Å²) >= 11 is 0. The summed E-state index contributed by atoms with van der Waals surface area (Å²) in [6, 6.07) is 9.11. The van der Waals surface area contributed by atoms with Gasteiger partial charge >= 0.3 is 5.97 Å². The molecule has 2 aromatic rings. The number of nitrogens with one attached hydrogen (secondary N) is 1. The highest BCUT2D eigenvalue weighted by Crippen LogP contribution is 2.31. The molecule has 0 amide bonds. The molecule has 122 valence electrons. The normalized spacial score (nSPS) is 10.0. The molecule has 0 saturated carbocycles. The Morgan fingerprint density at radius 1 is 1.17 bits per heavy atom. The molecular weight excluding hydrogens is 296 g/mol. The number of carbonyl (C=O) groups is 1. The van der Waals surface area contributed by atoms with Gasteiger partial charge in [0.2, 0.25) is 0 Å². The molecule has 2 rings (SSSR count). The molecule has 6 nitrogen and oxygen atoms in total. The Morgan fingerprint density at radius 2 is 2.00 bits per heavy atom. The lowest BCUT2D eigenvalue weighted by Crippen LogP contribution is -2.08. The van der Waals surface area contributed by atoms with Gasteiger partial charge in [-0.25, -0.2) is 9.78 Å². The Morgan fingerprint density at radius 3 is 2.61 bits per heavy atom. The fraction of sp³-hybridized carbons (Fsp3) is 0.294. The third-order valence-electron chi connectivity index (χ3n) is 3.22. The van der Waals surface area contributed by atoms with Gasteiger partial charge < -0.3 is 19.5 Å². The predicted molar refractivity (Wildman–Crippen MR) is 87.1 cm³/mol. The van der Waals surface area contributed by atoms with Crippen molar-refractivity contribution in [3.8, 4) is 11.5 Å². The highest BCUT2D eigenvalue weighted by molar-refractivity contribution is 5.87. The van der Waals surface area contributed by atoms with E-state index in [9.17, 15) is 4.79 Å². The Labute approximate surface area is 135 Å². The number of hydrogen-bond donors (Lipinski definition) is 1. The van der Waals surface area contributed by atoms with Crippen molar-refractivity contribution in [1.29, 1.82) is 0 Å². The number of nitrogens with zero attached hydrogens (tertiary/aromatic N) is 1. The zero-order chi connectivity index (χ0) is 16.7. The highest BCUT2D eigenvalue weighted by Gasteiger charge is 2.10. The number of para-hydroxylation sites is 1. The first kappa shape index (κ1) is 16.6. The van der Waals surface area contributed by atoms with Gasteiger partial charge in [-0.3, -0.25) is 0 Å². The van der Waals surface area contributed by atoms with Crippen LogP contribution in [0, 0.1) is 0 Å². The lowest BCUT2D eigenvalue weighted by Gasteiger charge is -2.13. The van der Waals surface area contributed by atoms with E-state index in [1.807, 2.05) is 18.2 Å². The quantitative estimate of drug-likeness (QED) is 0.792. The molecule has 0 aliphatic carbocycles. The fourth-order valence-electron chi connectivity index (χ4n) is 2.11. The van der Waals surface area contributed by atoms with E-state index in [2.05, 4.69) is 10.3 Å². The van der Waals surface area contributed by atoms with Gasteiger partial charge in [0.1, 0.15) is 5.69 Å². The van der Waals surface area contributed by atoms with E-state index >= 15 is 0 Å². The van der Waals surface area contributed by atoms with Gasteiger partial charge in [-0.15, -0.1) is 0 Å². The predicted octanol–water partition coefficient (Wildman–Crippen LogP) is 2.89. The van der Waals surface area contributed by atoms with Crippen LogP contribution < -0.4 is 14.8 Å². The minimum Gasteiger partial charge on any atom is -0.493 e. The standard InChI is InChI=1S/C17H20N2O4/c1-4-23-17(20)14-9-8-13(11-19-14)18-10-12-6-5-7-15(21-2)16(12)22-3/h5-9,11,18H,4,10H2,1-3H3. The molecule has 23 heavy (non-hydrogen) atoms. The monoisotopic (exact) mass is 316 g/mol. The van der Waals surface area contributed by atoms with E-state index in [0.717, 1.165) is 11.3 Å². The number of carbonyl (C=O) groups excluding carboxylic acids is 1. The molecule has 1 N–H and O–H groups in total. The molecule has 0 fully saturated rings. The lowest BCUT2D eigenvalue weighted by atomic mass is 10.2. The molecule has 0 radical (unpaired) electrons. The van der Waals surface area contributed by atoms with Crippen molar-refractivity contribution in [2.75, 3.05) is 26.1 Å². The van der Waals surface area contributed by atoms with Crippen LogP contribution in [0.1, 0.15) is 23.0 Å². The van der Waals surface area contributed by atoms with Gasteiger partial charge in [0.05, 0.1) is 32.7 Å². The first-order valence-corrected chi connectivity index (χ1v) is 7.26. The van der Waals surface area contributed by atoms with E-state index in [1.165, 1.54) is 0 Å². The number of methoxy groups -OCH3 is 2. The molecular formula is C17H20N2O4. The summed E-state index contributed by atoms with van der Waals surface area (Å²) in [5, 5.41) is 3.23. The second-order valence-corrected chi connectivity index (χ2v) is 4.66. The Bertz CT molecular complexity index is 656. The average molecular weight is 316 g/mol. The summed E-state index contributed by atoms with van der Waals surface area (Å²) in [7, 11) is 3.21. The van der Waals surface area contributed by atoms with E-state index < -0.39 is 5.97 Å². The minimum atomic E-state index is -0.423. The van der Waals surface area contributed by atoms with Crippen LogP contribution in [-0.4, -0.2) is 31.8 Å². The van der Waals surface area contributed by atoms with Gasteiger partial charge in [-0.05, 0) is 25.1 Å². The summed E-state index contributed by atoms with van der Waals surface area (Å²) in [5.74, 6) is 0.953. The van der Waals surface area contributed by atoms with Crippen molar-refractivity contribution < 1.29 is 19.0 Å². The summed E-state index contributed by atoms with van der Waals surface area (Å²) in [4.78, 5) is 15.6. The maximum atomic E-state index is 11.6. The molecule has 0 unspecified atom stereocenters. The van der Waals surface area contributed by atoms with Crippen molar-refractivity contribution >= 4 is 11.7 Å². The van der Waals surface area contributed by atoms with Crippen molar-refractivity contribution in [3.63, 3.8) is 0 Å². The first-order valence-electron chi connectivity index (χ1n) is 7.26. The number of anilines is 1. The summed E-state index contributed by atoms with van der Waals surface area (Å²) in [6.45, 7) is 2.63. The van der Waals surface area contributed by atoms with E-state index in [-0.39, 0.29) is 5.69 Å². The van der Waals surface area contributed by atoms with Crippen molar-refractivity contribution in [3.05, 3.63) is 47.8 Å². The molecule has 1 aromatic carbocycles. The maximum Gasteiger partial charge on any atom is 0.356 e. The summed E-state index contributed by atoms with van der Waals surface area (Å²) in [5.41, 5.74) is 2.04. The van der Waals surface area contributed by atoms with Gasteiger partial charge in [0, 0.05) is 12.1 Å². The third-order valence-corrected chi connectivity index (χ3v) is 3.22. The molecule has 0 bridgehead atoms. The Hall–Kier alpha value is -2.76. The van der Waals surface area contributed by atoms with Crippen LogP contribution >= 0.6 is 0 Å².